The highest BCUT2D eigenvalue weighted by Gasteiger charge is 2.31. The highest BCUT2D eigenvalue weighted by Crippen LogP contribution is 2.16. The molecular formula is C13H26N2O2. The zero-order valence-corrected chi connectivity index (χ0v) is 12.0. The number of hydrogen-bond acceptors (Lipinski definition) is 3. The van der Waals surface area contributed by atoms with Gasteiger partial charge in [-0.1, -0.05) is 0 Å². The normalized spacial score (nSPS) is 21.8. The Morgan fingerprint density at radius 1 is 1.24 bits per heavy atom. The molecule has 1 aliphatic heterocycles. The second kappa shape index (κ2) is 4.84. The van der Waals surface area contributed by atoms with E-state index in [0.29, 0.717) is 6.04 Å². The first-order valence-electron chi connectivity index (χ1n) is 6.32. The van der Waals surface area contributed by atoms with Crippen molar-refractivity contribution in [3.63, 3.8) is 0 Å². The Balaban J connectivity index is 2.43. The predicted octanol–water partition coefficient (Wildman–Crippen LogP) is 2.38. The van der Waals surface area contributed by atoms with E-state index in [0.717, 1.165) is 19.5 Å². The quantitative estimate of drug-likeness (QED) is 0.767. The molecule has 100 valence electrons. The topological polar surface area (TPSA) is 41.6 Å². The Hall–Kier alpha value is -0.770. The Morgan fingerprint density at radius 2 is 1.82 bits per heavy atom. The van der Waals surface area contributed by atoms with Crippen molar-refractivity contribution in [1.82, 2.24) is 10.2 Å². The maximum absolute atomic E-state index is 11.8. The van der Waals surface area contributed by atoms with Gasteiger partial charge in [-0.15, -0.1) is 0 Å². The Morgan fingerprint density at radius 3 is 2.29 bits per heavy atom. The molecule has 1 heterocycles. The van der Waals surface area contributed by atoms with Crippen LogP contribution in [-0.2, 0) is 4.74 Å². The van der Waals surface area contributed by atoms with Crippen LogP contribution >= 0.6 is 0 Å². The number of nitrogens with one attached hydrogen (secondary N) is 1. The largest absolute Gasteiger partial charge is 0.444 e. The van der Waals surface area contributed by atoms with E-state index in [2.05, 4.69) is 26.1 Å². The van der Waals surface area contributed by atoms with Crippen LogP contribution in [0, 0.1) is 0 Å². The van der Waals surface area contributed by atoms with E-state index in [-0.39, 0.29) is 11.6 Å². The van der Waals surface area contributed by atoms with E-state index in [1.54, 1.807) is 4.90 Å². The van der Waals surface area contributed by atoms with Crippen LogP contribution in [0.2, 0.25) is 0 Å². The summed E-state index contributed by atoms with van der Waals surface area (Å²) in [6, 6.07) is 0.377. The summed E-state index contributed by atoms with van der Waals surface area (Å²) in [7, 11) is 0. The fraction of sp³-hybridized carbons (Fsp3) is 0.923. The highest BCUT2D eigenvalue weighted by atomic mass is 16.6. The van der Waals surface area contributed by atoms with Crippen molar-refractivity contribution >= 4 is 6.09 Å². The second-order valence-corrected chi connectivity index (χ2v) is 6.81. The van der Waals surface area contributed by atoms with Gasteiger partial charge in [-0.2, -0.15) is 0 Å². The highest BCUT2D eigenvalue weighted by molar-refractivity contribution is 5.68. The van der Waals surface area contributed by atoms with E-state index in [4.69, 9.17) is 4.74 Å². The molecule has 1 rings (SSSR count). The summed E-state index contributed by atoms with van der Waals surface area (Å²) in [5.41, 5.74) is -0.318. The monoisotopic (exact) mass is 242 g/mol. The minimum atomic E-state index is -0.410. The Bertz CT molecular complexity index is 276. The van der Waals surface area contributed by atoms with Crippen molar-refractivity contribution in [2.45, 2.75) is 65.1 Å². The molecule has 17 heavy (non-hydrogen) atoms. The van der Waals surface area contributed by atoms with E-state index in [9.17, 15) is 4.79 Å². The van der Waals surface area contributed by atoms with Gasteiger partial charge in [0.25, 0.3) is 0 Å². The third kappa shape index (κ3) is 5.39. The zero-order chi connectivity index (χ0) is 13.3. The van der Waals surface area contributed by atoms with Crippen LogP contribution in [0.3, 0.4) is 0 Å². The minimum Gasteiger partial charge on any atom is -0.444 e. The van der Waals surface area contributed by atoms with Gasteiger partial charge in [-0.25, -0.2) is 4.79 Å². The van der Waals surface area contributed by atoms with Gasteiger partial charge in [-0.3, -0.25) is 0 Å². The summed E-state index contributed by atoms with van der Waals surface area (Å²) < 4.78 is 5.36. The molecule has 1 saturated heterocycles. The lowest BCUT2D eigenvalue weighted by molar-refractivity contribution is 0.0289. The van der Waals surface area contributed by atoms with Crippen molar-refractivity contribution in [2.75, 3.05) is 13.1 Å². The maximum Gasteiger partial charge on any atom is 0.410 e. The predicted molar refractivity (Wildman–Crippen MR) is 69.1 cm³/mol. The van der Waals surface area contributed by atoms with Gasteiger partial charge in [0.15, 0.2) is 0 Å². The molecule has 0 aromatic carbocycles. The van der Waals surface area contributed by atoms with E-state index in [1.807, 2.05) is 20.8 Å². The van der Waals surface area contributed by atoms with E-state index < -0.39 is 5.60 Å². The van der Waals surface area contributed by atoms with Crippen LogP contribution in [0.5, 0.6) is 0 Å². The van der Waals surface area contributed by atoms with Crippen LogP contribution in [0.1, 0.15) is 48.0 Å². The molecule has 0 spiro atoms. The number of hydrogen-bond donors (Lipinski definition) is 1. The van der Waals surface area contributed by atoms with Gasteiger partial charge in [-0.05, 0) is 48.0 Å². The van der Waals surface area contributed by atoms with Gasteiger partial charge in [0, 0.05) is 24.7 Å². The molecule has 0 saturated carbocycles. The smallest absolute Gasteiger partial charge is 0.410 e. The van der Waals surface area contributed by atoms with Crippen LogP contribution in [0.25, 0.3) is 0 Å². The number of nitrogens with zero attached hydrogens (tertiary/aromatic N) is 1. The van der Waals surface area contributed by atoms with E-state index >= 15 is 0 Å². The number of amides is 1. The van der Waals surface area contributed by atoms with Crippen molar-refractivity contribution < 1.29 is 9.53 Å². The summed E-state index contributed by atoms with van der Waals surface area (Å²) in [5.74, 6) is 0. The molecule has 1 unspecified atom stereocenters. The van der Waals surface area contributed by atoms with Gasteiger partial charge in [0.05, 0.1) is 0 Å². The lowest BCUT2D eigenvalue weighted by atomic mass is 10.1. The summed E-state index contributed by atoms with van der Waals surface area (Å²) in [6.07, 6.45) is 0.798. The van der Waals surface area contributed by atoms with Crippen LogP contribution < -0.4 is 5.32 Å². The average Bonchev–Trinajstić information content (AvgIpc) is 2.45. The van der Waals surface area contributed by atoms with Crippen molar-refractivity contribution in [3.05, 3.63) is 0 Å². The van der Waals surface area contributed by atoms with Gasteiger partial charge < -0.3 is 15.0 Å². The number of carbonyl (C=O) groups is 1. The SMILES string of the molecule is CC(C)(C)NC1CCN(C(=O)OC(C)(C)C)C1. The zero-order valence-electron chi connectivity index (χ0n) is 12.0. The van der Waals surface area contributed by atoms with Crippen LogP contribution in [-0.4, -0.2) is 41.3 Å². The minimum absolute atomic E-state index is 0.0919. The molecule has 0 aromatic rings. The molecule has 1 atom stereocenters. The third-order valence-corrected chi connectivity index (χ3v) is 2.48. The lowest BCUT2D eigenvalue weighted by Crippen LogP contribution is -2.45. The van der Waals surface area contributed by atoms with Gasteiger partial charge in [0.1, 0.15) is 5.60 Å². The van der Waals surface area contributed by atoms with E-state index in [1.165, 1.54) is 0 Å². The fourth-order valence-electron chi connectivity index (χ4n) is 1.98. The molecule has 4 heteroatoms. The van der Waals surface area contributed by atoms with Crippen molar-refractivity contribution in [2.24, 2.45) is 0 Å². The molecule has 1 N–H and O–H groups in total. The second-order valence-electron chi connectivity index (χ2n) is 6.81. The fourth-order valence-corrected chi connectivity index (χ4v) is 1.98. The number of likely N-dealkylation sites (tertiary alicyclic amines) is 1. The Labute approximate surface area is 105 Å². The summed E-state index contributed by atoms with van der Waals surface area (Å²) in [4.78, 5) is 13.6. The third-order valence-electron chi connectivity index (χ3n) is 2.48. The Kier molecular flexibility index (Phi) is 4.07. The number of carbonyl (C=O) groups excluding carboxylic acids is 1. The molecule has 1 amide bonds. The van der Waals surface area contributed by atoms with Crippen LogP contribution in [0.15, 0.2) is 0 Å². The number of rotatable bonds is 1. The van der Waals surface area contributed by atoms with Gasteiger partial charge in [0.2, 0.25) is 0 Å². The molecule has 1 aliphatic rings. The number of ether oxygens (including phenoxy) is 1. The first-order chi connectivity index (χ1) is 7.57. The van der Waals surface area contributed by atoms with Crippen LogP contribution in [0.4, 0.5) is 4.79 Å². The molecular weight excluding hydrogens is 216 g/mol. The molecule has 1 fully saturated rings. The molecule has 4 nitrogen and oxygen atoms in total. The summed E-state index contributed by atoms with van der Waals surface area (Å²) in [5, 5.41) is 3.52. The lowest BCUT2D eigenvalue weighted by Gasteiger charge is -2.27. The summed E-state index contributed by atoms with van der Waals surface area (Å²) >= 11 is 0. The summed E-state index contributed by atoms with van der Waals surface area (Å²) in [6.45, 7) is 13.6. The molecule has 0 radical (unpaired) electrons. The molecule has 0 aromatic heterocycles. The van der Waals surface area contributed by atoms with Crippen molar-refractivity contribution in [1.29, 1.82) is 0 Å². The van der Waals surface area contributed by atoms with Gasteiger partial charge >= 0.3 is 6.09 Å². The van der Waals surface area contributed by atoms with Crippen molar-refractivity contribution in [3.8, 4) is 0 Å². The standard InChI is InChI=1S/C13H26N2O2/c1-12(2,3)14-10-7-8-15(9-10)11(16)17-13(4,5)6/h10,14H,7-9H2,1-6H3. The average molecular weight is 242 g/mol. The maximum atomic E-state index is 11.8. The molecule has 0 aliphatic carbocycles. The molecule has 0 bridgehead atoms. The first-order valence-corrected chi connectivity index (χ1v) is 6.32. The first kappa shape index (κ1) is 14.3.